The zero-order valence-corrected chi connectivity index (χ0v) is 11.1. The van der Waals surface area contributed by atoms with E-state index >= 15 is 0 Å². The van der Waals surface area contributed by atoms with Gasteiger partial charge in [0.2, 0.25) is 0 Å². The molecule has 2 heterocycles. The van der Waals surface area contributed by atoms with Gasteiger partial charge < -0.3 is 9.52 Å². The van der Waals surface area contributed by atoms with Crippen LogP contribution in [0.1, 0.15) is 43.3 Å². The first kappa shape index (κ1) is 12.7. The SMILES string of the molecule is Cc1cc(CN2CCCCC2C(C)O)c(C)o1. The second kappa shape index (κ2) is 5.23. The van der Waals surface area contributed by atoms with Crippen LogP contribution in [0.15, 0.2) is 10.5 Å². The lowest BCUT2D eigenvalue weighted by Gasteiger charge is -2.37. The van der Waals surface area contributed by atoms with E-state index < -0.39 is 0 Å². The zero-order valence-electron chi connectivity index (χ0n) is 11.1. The summed E-state index contributed by atoms with van der Waals surface area (Å²) in [4.78, 5) is 2.39. The van der Waals surface area contributed by atoms with E-state index in [1.807, 2.05) is 20.8 Å². The lowest BCUT2D eigenvalue weighted by molar-refractivity contribution is 0.0314. The Morgan fingerprint density at radius 2 is 2.24 bits per heavy atom. The molecule has 1 N–H and O–H groups in total. The highest BCUT2D eigenvalue weighted by Crippen LogP contribution is 2.24. The predicted octanol–water partition coefficient (Wildman–Crippen LogP) is 2.63. The molecule has 0 radical (unpaired) electrons. The highest BCUT2D eigenvalue weighted by atomic mass is 16.3. The molecule has 0 amide bonds. The number of rotatable bonds is 3. The topological polar surface area (TPSA) is 36.6 Å². The minimum Gasteiger partial charge on any atom is -0.466 e. The molecule has 1 aromatic rings. The van der Waals surface area contributed by atoms with Crippen LogP contribution in [-0.4, -0.2) is 28.7 Å². The second-order valence-electron chi connectivity index (χ2n) is 5.21. The molecule has 1 aliphatic rings. The van der Waals surface area contributed by atoms with Gasteiger partial charge in [-0.3, -0.25) is 4.90 Å². The van der Waals surface area contributed by atoms with Crippen LogP contribution in [0.2, 0.25) is 0 Å². The third-order valence-electron chi connectivity index (χ3n) is 3.74. The Kier molecular flexibility index (Phi) is 3.89. The van der Waals surface area contributed by atoms with Gasteiger partial charge in [-0.2, -0.15) is 0 Å². The Labute approximate surface area is 103 Å². The average molecular weight is 237 g/mol. The van der Waals surface area contributed by atoms with Crippen molar-refractivity contribution in [3.63, 3.8) is 0 Å². The molecule has 0 aromatic carbocycles. The average Bonchev–Trinajstić information content (AvgIpc) is 2.58. The van der Waals surface area contributed by atoms with Gasteiger partial charge in [0.1, 0.15) is 11.5 Å². The van der Waals surface area contributed by atoms with Gasteiger partial charge in [0.05, 0.1) is 6.10 Å². The molecule has 17 heavy (non-hydrogen) atoms. The van der Waals surface area contributed by atoms with Crippen molar-refractivity contribution >= 4 is 0 Å². The van der Waals surface area contributed by atoms with Gasteiger partial charge in [-0.05, 0) is 46.2 Å². The first-order valence-corrected chi connectivity index (χ1v) is 6.56. The van der Waals surface area contributed by atoms with Crippen LogP contribution in [0.3, 0.4) is 0 Å². The molecule has 2 rings (SSSR count). The number of nitrogens with zero attached hydrogens (tertiary/aromatic N) is 1. The fourth-order valence-corrected chi connectivity index (χ4v) is 2.82. The van der Waals surface area contributed by atoms with Crippen molar-refractivity contribution in [3.8, 4) is 0 Å². The maximum atomic E-state index is 9.83. The quantitative estimate of drug-likeness (QED) is 0.878. The van der Waals surface area contributed by atoms with Gasteiger partial charge >= 0.3 is 0 Å². The van der Waals surface area contributed by atoms with Crippen LogP contribution < -0.4 is 0 Å². The Bertz CT molecular complexity index is 370. The number of furan rings is 1. The number of piperidine rings is 1. The first-order valence-electron chi connectivity index (χ1n) is 6.56. The molecule has 2 unspecified atom stereocenters. The molecule has 96 valence electrons. The van der Waals surface area contributed by atoms with Crippen molar-refractivity contribution in [2.24, 2.45) is 0 Å². The van der Waals surface area contributed by atoms with E-state index in [0.717, 1.165) is 31.0 Å². The summed E-state index contributed by atoms with van der Waals surface area (Å²) < 4.78 is 5.56. The van der Waals surface area contributed by atoms with Gasteiger partial charge in [0.15, 0.2) is 0 Å². The van der Waals surface area contributed by atoms with Gasteiger partial charge in [-0.25, -0.2) is 0 Å². The standard InChI is InChI=1S/C14H23NO2/c1-10-8-13(12(3)17-10)9-15-7-5-4-6-14(15)11(2)16/h8,11,14,16H,4-7,9H2,1-3H3. The maximum absolute atomic E-state index is 9.83. The molecule has 3 heteroatoms. The third kappa shape index (κ3) is 2.90. The number of likely N-dealkylation sites (tertiary alicyclic amines) is 1. The highest BCUT2D eigenvalue weighted by molar-refractivity contribution is 5.20. The highest BCUT2D eigenvalue weighted by Gasteiger charge is 2.26. The van der Waals surface area contributed by atoms with Crippen LogP contribution in [-0.2, 0) is 6.54 Å². The summed E-state index contributed by atoms with van der Waals surface area (Å²) in [5, 5.41) is 9.83. The Morgan fingerprint density at radius 3 is 2.82 bits per heavy atom. The molecule has 0 spiro atoms. The van der Waals surface area contributed by atoms with E-state index in [2.05, 4.69) is 11.0 Å². The first-order chi connectivity index (χ1) is 8.08. The monoisotopic (exact) mass is 237 g/mol. The molecule has 0 aliphatic carbocycles. The number of hydrogen-bond donors (Lipinski definition) is 1. The summed E-state index contributed by atoms with van der Waals surface area (Å²) in [6, 6.07) is 2.42. The third-order valence-corrected chi connectivity index (χ3v) is 3.74. The van der Waals surface area contributed by atoms with Gasteiger partial charge in [0, 0.05) is 18.2 Å². The van der Waals surface area contributed by atoms with Crippen molar-refractivity contribution in [3.05, 3.63) is 23.2 Å². The van der Waals surface area contributed by atoms with Crippen molar-refractivity contribution < 1.29 is 9.52 Å². The summed E-state index contributed by atoms with van der Waals surface area (Å²) in [5.74, 6) is 1.99. The van der Waals surface area contributed by atoms with E-state index in [-0.39, 0.29) is 6.10 Å². The van der Waals surface area contributed by atoms with Gasteiger partial charge in [0.25, 0.3) is 0 Å². The fraction of sp³-hybridized carbons (Fsp3) is 0.714. The summed E-state index contributed by atoms with van der Waals surface area (Å²) >= 11 is 0. The normalized spacial score (nSPS) is 23.9. The summed E-state index contributed by atoms with van der Waals surface area (Å²) in [6.45, 7) is 7.89. The van der Waals surface area contributed by atoms with Crippen molar-refractivity contribution in [2.45, 2.75) is 58.7 Å². The zero-order chi connectivity index (χ0) is 12.4. The molecule has 1 aliphatic heterocycles. The minimum absolute atomic E-state index is 0.247. The molecule has 0 saturated carbocycles. The predicted molar refractivity (Wildman–Crippen MR) is 67.9 cm³/mol. The minimum atomic E-state index is -0.247. The van der Waals surface area contributed by atoms with E-state index in [9.17, 15) is 5.11 Å². The summed E-state index contributed by atoms with van der Waals surface area (Å²) in [5.41, 5.74) is 1.26. The molecule has 3 nitrogen and oxygen atoms in total. The molecular weight excluding hydrogens is 214 g/mol. The summed E-state index contributed by atoms with van der Waals surface area (Å²) in [7, 11) is 0. The van der Waals surface area contributed by atoms with Crippen molar-refractivity contribution in [1.82, 2.24) is 4.90 Å². The Morgan fingerprint density at radius 1 is 1.47 bits per heavy atom. The molecule has 0 bridgehead atoms. The number of aryl methyl sites for hydroxylation is 2. The van der Waals surface area contributed by atoms with E-state index in [4.69, 9.17) is 4.42 Å². The van der Waals surface area contributed by atoms with Gasteiger partial charge in [-0.15, -0.1) is 0 Å². The van der Waals surface area contributed by atoms with Crippen LogP contribution in [0.4, 0.5) is 0 Å². The van der Waals surface area contributed by atoms with Crippen LogP contribution >= 0.6 is 0 Å². The molecule has 1 aromatic heterocycles. The van der Waals surface area contributed by atoms with Crippen LogP contribution in [0.5, 0.6) is 0 Å². The number of aliphatic hydroxyl groups is 1. The van der Waals surface area contributed by atoms with E-state index in [1.54, 1.807) is 0 Å². The Balaban J connectivity index is 2.08. The van der Waals surface area contributed by atoms with E-state index in [1.165, 1.54) is 18.4 Å². The number of hydrogen-bond acceptors (Lipinski definition) is 3. The number of aliphatic hydroxyl groups excluding tert-OH is 1. The van der Waals surface area contributed by atoms with Crippen LogP contribution in [0, 0.1) is 13.8 Å². The molecule has 2 atom stereocenters. The van der Waals surface area contributed by atoms with Crippen LogP contribution in [0.25, 0.3) is 0 Å². The second-order valence-corrected chi connectivity index (χ2v) is 5.21. The van der Waals surface area contributed by atoms with Gasteiger partial charge in [-0.1, -0.05) is 6.42 Å². The molecule has 1 saturated heterocycles. The van der Waals surface area contributed by atoms with Crippen molar-refractivity contribution in [1.29, 1.82) is 0 Å². The maximum Gasteiger partial charge on any atom is 0.105 e. The largest absolute Gasteiger partial charge is 0.466 e. The smallest absolute Gasteiger partial charge is 0.105 e. The Hall–Kier alpha value is -0.800. The summed E-state index contributed by atoms with van der Waals surface area (Å²) in [6.07, 6.45) is 3.32. The van der Waals surface area contributed by atoms with E-state index in [0.29, 0.717) is 6.04 Å². The van der Waals surface area contributed by atoms with Crippen molar-refractivity contribution in [2.75, 3.05) is 6.54 Å². The molecular formula is C14H23NO2. The fourth-order valence-electron chi connectivity index (χ4n) is 2.82. The lowest BCUT2D eigenvalue weighted by Crippen LogP contribution is -2.45. The lowest BCUT2D eigenvalue weighted by atomic mass is 9.97. The molecule has 1 fully saturated rings.